The molecule has 21 heavy (non-hydrogen) atoms. The van der Waals surface area contributed by atoms with E-state index >= 15 is 0 Å². The molecule has 0 aliphatic carbocycles. The Labute approximate surface area is 127 Å². The monoisotopic (exact) mass is 294 g/mol. The minimum absolute atomic E-state index is 0.0882. The zero-order valence-corrected chi connectivity index (χ0v) is 13.1. The fourth-order valence-corrected chi connectivity index (χ4v) is 2.49. The van der Waals surface area contributed by atoms with Crippen molar-refractivity contribution in [3.8, 4) is 0 Å². The van der Waals surface area contributed by atoms with Gasteiger partial charge in [-0.25, -0.2) is 4.39 Å². The molecule has 4 heteroatoms. The zero-order chi connectivity index (χ0) is 15.7. The van der Waals surface area contributed by atoms with Crippen LogP contribution in [0.1, 0.15) is 43.7 Å². The highest BCUT2D eigenvalue weighted by Gasteiger charge is 2.09. The Balaban J connectivity index is 2.27. The summed E-state index contributed by atoms with van der Waals surface area (Å²) < 4.78 is 13.0. The summed E-state index contributed by atoms with van der Waals surface area (Å²) in [5.74, 6) is 0.413. The molecule has 0 aliphatic heterocycles. The number of halogens is 1. The van der Waals surface area contributed by atoms with E-state index in [4.69, 9.17) is 5.73 Å². The molecule has 0 saturated carbocycles. The summed E-state index contributed by atoms with van der Waals surface area (Å²) in [5, 5.41) is 2.93. The van der Waals surface area contributed by atoms with E-state index in [1.54, 1.807) is 6.07 Å². The molecule has 0 aromatic heterocycles. The second kappa shape index (κ2) is 9.50. The van der Waals surface area contributed by atoms with E-state index in [9.17, 15) is 9.18 Å². The van der Waals surface area contributed by atoms with Crippen LogP contribution in [0.2, 0.25) is 0 Å². The van der Waals surface area contributed by atoms with Crippen LogP contribution in [0.15, 0.2) is 18.2 Å². The maximum atomic E-state index is 13.0. The highest BCUT2D eigenvalue weighted by molar-refractivity contribution is 5.75. The van der Waals surface area contributed by atoms with Gasteiger partial charge in [-0.1, -0.05) is 19.4 Å². The second-order valence-electron chi connectivity index (χ2n) is 5.56. The summed E-state index contributed by atoms with van der Waals surface area (Å²) in [4.78, 5) is 11.8. The average molecular weight is 294 g/mol. The number of carbonyl (C=O) groups is 1. The molecule has 1 amide bonds. The molecule has 1 rings (SSSR count). The van der Waals surface area contributed by atoms with Crippen LogP contribution in [-0.4, -0.2) is 19.0 Å². The lowest BCUT2D eigenvalue weighted by Crippen LogP contribution is -2.26. The van der Waals surface area contributed by atoms with E-state index in [-0.39, 0.29) is 11.7 Å². The highest BCUT2D eigenvalue weighted by Crippen LogP contribution is 2.14. The number of rotatable bonds is 9. The number of nitrogens with one attached hydrogen (secondary N) is 1. The van der Waals surface area contributed by atoms with Crippen LogP contribution in [0, 0.1) is 18.7 Å². The molecule has 0 heterocycles. The number of hydrogen-bond acceptors (Lipinski definition) is 2. The van der Waals surface area contributed by atoms with Gasteiger partial charge in [0.2, 0.25) is 5.91 Å². The first-order chi connectivity index (χ1) is 10.1. The van der Waals surface area contributed by atoms with Crippen LogP contribution in [0.25, 0.3) is 0 Å². The number of aryl methyl sites for hydroxylation is 1. The number of carbonyl (C=O) groups excluding carboxylic acids is 1. The highest BCUT2D eigenvalue weighted by atomic mass is 19.1. The number of amides is 1. The minimum Gasteiger partial charge on any atom is -0.356 e. The van der Waals surface area contributed by atoms with Gasteiger partial charge in [0.15, 0.2) is 0 Å². The van der Waals surface area contributed by atoms with Crippen molar-refractivity contribution in [3.05, 3.63) is 35.1 Å². The lowest BCUT2D eigenvalue weighted by Gasteiger charge is -2.13. The van der Waals surface area contributed by atoms with Crippen molar-refractivity contribution in [1.82, 2.24) is 5.32 Å². The van der Waals surface area contributed by atoms with Gasteiger partial charge in [-0.3, -0.25) is 4.79 Å². The van der Waals surface area contributed by atoms with E-state index in [1.165, 1.54) is 12.1 Å². The van der Waals surface area contributed by atoms with E-state index in [2.05, 4.69) is 12.2 Å². The maximum absolute atomic E-state index is 13.0. The van der Waals surface area contributed by atoms with E-state index in [0.29, 0.717) is 25.4 Å². The lowest BCUT2D eigenvalue weighted by molar-refractivity contribution is -0.121. The van der Waals surface area contributed by atoms with Crippen LogP contribution >= 0.6 is 0 Å². The van der Waals surface area contributed by atoms with Crippen LogP contribution in [0.5, 0.6) is 0 Å². The van der Waals surface area contributed by atoms with Crippen LogP contribution < -0.4 is 11.1 Å². The van der Waals surface area contributed by atoms with Crippen molar-refractivity contribution in [2.24, 2.45) is 11.7 Å². The van der Waals surface area contributed by atoms with E-state index in [0.717, 1.165) is 36.8 Å². The summed E-state index contributed by atoms with van der Waals surface area (Å²) in [6.07, 6.45) is 4.24. The molecule has 1 aromatic rings. The summed E-state index contributed by atoms with van der Waals surface area (Å²) in [6, 6.07) is 4.77. The first kappa shape index (κ1) is 17.6. The van der Waals surface area contributed by atoms with Crippen molar-refractivity contribution in [3.63, 3.8) is 0 Å². The Morgan fingerprint density at radius 2 is 2.14 bits per heavy atom. The van der Waals surface area contributed by atoms with Gasteiger partial charge in [-0.05, 0) is 61.9 Å². The number of hydrogen-bond donors (Lipinski definition) is 2. The first-order valence-corrected chi connectivity index (χ1v) is 7.78. The number of benzene rings is 1. The van der Waals surface area contributed by atoms with Gasteiger partial charge in [0, 0.05) is 13.0 Å². The smallest absolute Gasteiger partial charge is 0.220 e. The van der Waals surface area contributed by atoms with Crippen molar-refractivity contribution < 1.29 is 9.18 Å². The SMILES string of the molecule is CCC(CCN)CCC(=O)NCCc1ccc(F)cc1C. The van der Waals surface area contributed by atoms with Crippen LogP contribution in [-0.2, 0) is 11.2 Å². The predicted molar refractivity (Wildman–Crippen MR) is 84.5 cm³/mol. The van der Waals surface area contributed by atoms with Crippen molar-refractivity contribution in [2.45, 2.75) is 46.0 Å². The Hall–Kier alpha value is -1.42. The largest absolute Gasteiger partial charge is 0.356 e. The summed E-state index contributed by atoms with van der Waals surface area (Å²) >= 11 is 0. The average Bonchev–Trinajstić information content (AvgIpc) is 2.45. The predicted octanol–water partition coefficient (Wildman–Crippen LogP) is 2.95. The quantitative estimate of drug-likeness (QED) is 0.735. The fourth-order valence-electron chi connectivity index (χ4n) is 2.49. The number of nitrogens with two attached hydrogens (primary N) is 1. The molecule has 118 valence electrons. The summed E-state index contributed by atoms with van der Waals surface area (Å²) in [5.41, 5.74) is 7.56. The minimum atomic E-state index is -0.217. The molecule has 0 spiro atoms. The molecule has 0 bridgehead atoms. The van der Waals surface area contributed by atoms with Gasteiger partial charge < -0.3 is 11.1 Å². The maximum Gasteiger partial charge on any atom is 0.220 e. The Morgan fingerprint density at radius 3 is 2.76 bits per heavy atom. The Bertz CT molecular complexity index is 448. The molecular formula is C17H27FN2O. The zero-order valence-electron chi connectivity index (χ0n) is 13.1. The third-order valence-corrected chi connectivity index (χ3v) is 3.95. The molecule has 1 atom stereocenters. The fraction of sp³-hybridized carbons (Fsp3) is 0.588. The normalized spacial score (nSPS) is 12.2. The van der Waals surface area contributed by atoms with Gasteiger partial charge >= 0.3 is 0 Å². The van der Waals surface area contributed by atoms with E-state index < -0.39 is 0 Å². The standard InChI is InChI=1S/C17H27FN2O/c1-3-14(8-10-19)4-7-17(21)20-11-9-15-5-6-16(18)12-13(15)2/h5-6,12,14H,3-4,7-11,19H2,1-2H3,(H,20,21). The molecule has 0 fully saturated rings. The molecule has 3 N–H and O–H groups in total. The molecule has 0 saturated heterocycles. The van der Waals surface area contributed by atoms with Gasteiger partial charge in [-0.15, -0.1) is 0 Å². The van der Waals surface area contributed by atoms with Crippen molar-refractivity contribution in [2.75, 3.05) is 13.1 Å². The topological polar surface area (TPSA) is 55.1 Å². The molecular weight excluding hydrogens is 267 g/mol. The third-order valence-electron chi connectivity index (χ3n) is 3.95. The van der Waals surface area contributed by atoms with Gasteiger partial charge in [-0.2, -0.15) is 0 Å². The third kappa shape index (κ3) is 6.71. The van der Waals surface area contributed by atoms with E-state index in [1.807, 2.05) is 6.92 Å². The van der Waals surface area contributed by atoms with Crippen molar-refractivity contribution in [1.29, 1.82) is 0 Å². The summed E-state index contributed by atoms with van der Waals surface area (Å²) in [7, 11) is 0. The van der Waals surface area contributed by atoms with Crippen LogP contribution in [0.4, 0.5) is 4.39 Å². The Kier molecular flexibility index (Phi) is 7.98. The molecule has 3 nitrogen and oxygen atoms in total. The summed E-state index contributed by atoms with van der Waals surface area (Å²) in [6.45, 7) is 5.30. The van der Waals surface area contributed by atoms with Crippen LogP contribution in [0.3, 0.4) is 0 Å². The molecule has 1 unspecified atom stereocenters. The molecule has 0 aliphatic rings. The van der Waals surface area contributed by atoms with Gasteiger partial charge in [0.05, 0.1) is 0 Å². The Morgan fingerprint density at radius 1 is 1.38 bits per heavy atom. The lowest BCUT2D eigenvalue weighted by atomic mass is 9.96. The molecule has 1 aromatic carbocycles. The van der Waals surface area contributed by atoms with Gasteiger partial charge in [0.25, 0.3) is 0 Å². The first-order valence-electron chi connectivity index (χ1n) is 7.78. The second-order valence-corrected chi connectivity index (χ2v) is 5.56. The molecule has 0 radical (unpaired) electrons. The van der Waals surface area contributed by atoms with Crippen molar-refractivity contribution >= 4 is 5.91 Å². The van der Waals surface area contributed by atoms with Gasteiger partial charge in [0.1, 0.15) is 5.82 Å².